The van der Waals surface area contributed by atoms with Crippen LogP contribution < -0.4 is 5.32 Å². The highest BCUT2D eigenvalue weighted by Gasteiger charge is 2.14. The van der Waals surface area contributed by atoms with Gasteiger partial charge in [-0.05, 0) is 12.1 Å². The largest absolute Gasteiger partial charge is 0.453 e. The van der Waals surface area contributed by atoms with E-state index in [1.807, 2.05) is 6.07 Å². The van der Waals surface area contributed by atoms with Gasteiger partial charge < -0.3 is 9.73 Å². The number of rotatable bonds is 3. The molecule has 19 heavy (non-hydrogen) atoms. The molecule has 1 aliphatic rings. The molecule has 0 bridgehead atoms. The normalized spacial score (nSPS) is 14.0. The minimum atomic E-state index is -0.421. The van der Waals surface area contributed by atoms with E-state index in [2.05, 4.69) is 10.3 Å². The predicted octanol–water partition coefficient (Wildman–Crippen LogP) is 2.20. The van der Waals surface area contributed by atoms with Crippen molar-refractivity contribution in [3.05, 3.63) is 52.3 Å². The van der Waals surface area contributed by atoms with Gasteiger partial charge in [0.15, 0.2) is 11.6 Å². The minimum absolute atomic E-state index is 0.0479. The quantitative estimate of drug-likeness (QED) is 0.675. The van der Waals surface area contributed by atoms with Crippen molar-refractivity contribution >= 4 is 11.5 Å². The van der Waals surface area contributed by atoms with Gasteiger partial charge in [-0.2, -0.15) is 0 Å². The van der Waals surface area contributed by atoms with Crippen molar-refractivity contribution in [2.24, 2.45) is 4.99 Å². The van der Waals surface area contributed by atoms with E-state index in [9.17, 15) is 10.1 Å². The first kappa shape index (κ1) is 11.5. The standard InChI is InChI=1S/C13H11N3O3/c17-16(18)10-3-1-2-9(8-10)11-4-5-12(19-11)13-14-6-7-15-13/h1-5,8H,6-7H2,(H,14,15). The van der Waals surface area contributed by atoms with Crippen molar-refractivity contribution in [3.63, 3.8) is 0 Å². The Balaban J connectivity index is 1.94. The second-order valence-electron chi connectivity index (χ2n) is 4.13. The monoisotopic (exact) mass is 257 g/mol. The van der Waals surface area contributed by atoms with Crippen molar-refractivity contribution in [2.75, 3.05) is 13.1 Å². The molecule has 1 aliphatic heterocycles. The Hall–Kier alpha value is -2.63. The van der Waals surface area contributed by atoms with Gasteiger partial charge in [-0.1, -0.05) is 12.1 Å². The predicted molar refractivity (Wildman–Crippen MR) is 70.2 cm³/mol. The van der Waals surface area contributed by atoms with E-state index >= 15 is 0 Å². The van der Waals surface area contributed by atoms with E-state index in [1.165, 1.54) is 12.1 Å². The number of hydrogen-bond acceptors (Lipinski definition) is 5. The zero-order valence-electron chi connectivity index (χ0n) is 10.00. The first-order valence-corrected chi connectivity index (χ1v) is 5.87. The summed E-state index contributed by atoms with van der Waals surface area (Å²) in [7, 11) is 0. The molecule has 2 heterocycles. The Morgan fingerprint density at radius 2 is 2.11 bits per heavy atom. The van der Waals surface area contributed by atoms with Crippen LogP contribution in [0.1, 0.15) is 5.76 Å². The van der Waals surface area contributed by atoms with Crippen molar-refractivity contribution < 1.29 is 9.34 Å². The van der Waals surface area contributed by atoms with Crippen molar-refractivity contribution in [2.45, 2.75) is 0 Å². The number of aliphatic imine (C=N–C) groups is 1. The number of nitro benzene ring substituents is 1. The maximum absolute atomic E-state index is 10.7. The van der Waals surface area contributed by atoms with Crippen molar-refractivity contribution in [3.8, 4) is 11.3 Å². The Kier molecular flexibility index (Phi) is 2.75. The molecule has 3 rings (SSSR count). The summed E-state index contributed by atoms with van der Waals surface area (Å²) in [5.41, 5.74) is 0.728. The Morgan fingerprint density at radius 1 is 1.26 bits per heavy atom. The SMILES string of the molecule is O=[N+]([O-])c1cccc(-c2ccc(C3=NCCN3)o2)c1. The summed E-state index contributed by atoms with van der Waals surface area (Å²) in [6, 6.07) is 9.96. The molecule has 0 fully saturated rings. The van der Waals surface area contributed by atoms with Crippen LogP contribution in [0.4, 0.5) is 5.69 Å². The highest BCUT2D eigenvalue weighted by atomic mass is 16.6. The molecule has 6 heteroatoms. The molecule has 1 N–H and O–H groups in total. The Morgan fingerprint density at radius 3 is 2.84 bits per heavy atom. The van der Waals surface area contributed by atoms with Gasteiger partial charge in [0.1, 0.15) is 5.76 Å². The maximum Gasteiger partial charge on any atom is 0.270 e. The van der Waals surface area contributed by atoms with Crippen LogP contribution >= 0.6 is 0 Å². The molecule has 0 spiro atoms. The van der Waals surface area contributed by atoms with Gasteiger partial charge in [-0.3, -0.25) is 15.1 Å². The van der Waals surface area contributed by atoms with Gasteiger partial charge in [-0.25, -0.2) is 0 Å². The average Bonchev–Trinajstić information content (AvgIpc) is 3.09. The molecule has 0 amide bonds. The minimum Gasteiger partial charge on any atom is -0.453 e. The summed E-state index contributed by atoms with van der Waals surface area (Å²) in [6.45, 7) is 1.55. The van der Waals surface area contributed by atoms with Gasteiger partial charge in [0.05, 0.1) is 11.5 Å². The average molecular weight is 257 g/mol. The van der Waals surface area contributed by atoms with Crippen LogP contribution in [0.15, 0.2) is 45.8 Å². The van der Waals surface area contributed by atoms with E-state index in [0.29, 0.717) is 17.1 Å². The first-order valence-electron chi connectivity index (χ1n) is 5.87. The van der Waals surface area contributed by atoms with Crippen LogP contribution in [0.5, 0.6) is 0 Å². The van der Waals surface area contributed by atoms with Crippen LogP contribution in [0.25, 0.3) is 11.3 Å². The lowest BCUT2D eigenvalue weighted by atomic mass is 10.1. The second-order valence-corrected chi connectivity index (χ2v) is 4.13. The van der Waals surface area contributed by atoms with E-state index in [1.54, 1.807) is 18.2 Å². The smallest absolute Gasteiger partial charge is 0.270 e. The summed E-state index contributed by atoms with van der Waals surface area (Å²) in [6.07, 6.45) is 0. The van der Waals surface area contributed by atoms with Gasteiger partial charge in [0, 0.05) is 24.2 Å². The third-order valence-electron chi connectivity index (χ3n) is 2.86. The van der Waals surface area contributed by atoms with Gasteiger partial charge in [0.2, 0.25) is 0 Å². The molecular weight excluding hydrogens is 246 g/mol. The number of nitrogens with zero attached hydrogens (tertiary/aromatic N) is 2. The second kappa shape index (κ2) is 4.56. The van der Waals surface area contributed by atoms with E-state index in [4.69, 9.17) is 4.42 Å². The van der Waals surface area contributed by atoms with Crippen LogP contribution in [0, 0.1) is 10.1 Å². The van der Waals surface area contributed by atoms with Crippen molar-refractivity contribution in [1.82, 2.24) is 5.32 Å². The summed E-state index contributed by atoms with van der Waals surface area (Å²) in [5.74, 6) is 1.98. The molecule has 6 nitrogen and oxygen atoms in total. The number of amidine groups is 1. The fourth-order valence-corrected chi connectivity index (χ4v) is 1.96. The number of non-ortho nitro benzene ring substituents is 1. The zero-order valence-corrected chi connectivity index (χ0v) is 10.00. The molecule has 0 radical (unpaired) electrons. The first-order chi connectivity index (χ1) is 9.24. The molecule has 1 aromatic heterocycles. The van der Waals surface area contributed by atoms with Crippen LogP contribution in [0.3, 0.4) is 0 Å². The number of benzene rings is 1. The number of hydrogen-bond donors (Lipinski definition) is 1. The van der Waals surface area contributed by atoms with Crippen LogP contribution in [0.2, 0.25) is 0 Å². The van der Waals surface area contributed by atoms with Gasteiger partial charge in [-0.15, -0.1) is 0 Å². The zero-order chi connectivity index (χ0) is 13.2. The summed E-state index contributed by atoms with van der Waals surface area (Å²) in [5, 5.41) is 13.9. The fourth-order valence-electron chi connectivity index (χ4n) is 1.96. The van der Waals surface area contributed by atoms with E-state index in [-0.39, 0.29) is 5.69 Å². The molecule has 2 aromatic rings. The summed E-state index contributed by atoms with van der Waals surface area (Å²) >= 11 is 0. The summed E-state index contributed by atoms with van der Waals surface area (Å²) < 4.78 is 5.67. The highest BCUT2D eigenvalue weighted by Crippen LogP contribution is 2.26. The van der Waals surface area contributed by atoms with Crippen molar-refractivity contribution in [1.29, 1.82) is 0 Å². The van der Waals surface area contributed by atoms with E-state index in [0.717, 1.165) is 18.9 Å². The Labute approximate surface area is 108 Å². The molecule has 0 unspecified atom stereocenters. The van der Waals surface area contributed by atoms with Gasteiger partial charge >= 0.3 is 0 Å². The number of nitro groups is 1. The fraction of sp³-hybridized carbons (Fsp3) is 0.154. The molecule has 96 valence electrons. The van der Waals surface area contributed by atoms with Crippen LogP contribution in [-0.2, 0) is 0 Å². The third-order valence-corrected chi connectivity index (χ3v) is 2.86. The highest BCUT2D eigenvalue weighted by molar-refractivity contribution is 5.97. The molecule has 0 saturated heterocycles. The van der Waals surface area contributed by atoms with E-state index < -0.39 is 4.92 Å². The topological polar surface area (TPSA) is 80.7 Å². The lowest BCUT2D eigenvalue weighted by Crippen LogP contribution is -2.18. The van der Waals surface area contributed by atoms with Crippen LogP contribution in [-0.4, -0.2) is 23.8 Å². The molecular formula is C13H11N3O3. The third kappa shape index (κ3) is 2.20. The molecule has 0 aliphatic carbocycles. The molecule has 0 atom stereocenters. The number of nitrogens with one attached hydrogen (secondary N) is 1. The summed E-state index contributed by atoms with van der Waals surface area (Å²) in [4.78, 5) is 14.6. The molecule has 1 aromatic carbocycles. The van der Waals surface area contributed by atoms with Gasteiger partial charge in [0.25, 0.3) is 5.69 Å². The number of furan rings is 1. The maximum atomic E-state index is 10.7. The molecule has 0 saturated carbocycles. The Bertz CT molecular complexity index is 661. The lowest BCUT2D eigenvalue weighted by molar-refractivity contribution is -0.384. The lowest BCUT2D eigenvalue weighted by Gasteiger charge is -1.99.